The Morgan fingerprint density at radius 2 is 2.29 bits per heavy atom. The molecule has 2 heterocycles. The summed E-state index contributed by atoms with van der Waals surface area (Å²) in [4.78, 5) is 8.58. The molecule has 1 N–H and O–H groups in total. The van der Waals surface area contributed by atoms with Crippen LogP contribution in [0.2, 0.25) is 0 Å². The predicted octanol–water partition coefficient (Wildman–Crippen LogP) is 1.64. The lowest BCUT2D eigenvalue weighted by molar-refractivity contribution is 0.160. The van der Waals surface area contributed by atoms with Gasteiger partial charge in [-0.2, -0.15) is 0 Å². The summed E-state index contributed by atoms with van der Waals surface area (Å²) in [5.41, 5.74) is 1.94. The fourth-order valence-corrected chi connectivity index (χ4v) is 1.70. The van der Waals surface area contributed by atoms with Crippen LogP contribution in [0, 0.1) is 0 Å². The Bertz CT molecular complexity index is 485. The molecule has 0 aliphatic rings. The van der Waals surface area contributed by atoms with Crippen LogP contribution in [-0.4, -0.2) is 40.2 Å². The molecule has 2 rings (SSSR count). The van der Waals surface area contributed by atoms with Crippen molar-refractivity contribution in [1.82, 2.24) is 14.5 Å². The lowest BCUT2D eigenvalue weighted by atomic mass is 10.4. The number of aryl methyl sites for hydroxylation is 1. The summed E-state index contributed by atoms with van der Waals surface area (Å²) in [5, 5.41) is 3.20. The molecule has 6 heteroatoms. The Morgan fingerprint density at radius 1 is 1.41 bits per heavy atom. The number of anilines is 1. The van der Waals surface area contributed by atoms with Gasteiger partial charge in [0, 0.05) is 25.7 Å². The van der Waals surface area contributed by atoms with E-state index in [1.165, 1.54) is 0 Å². The van der Waals surface area contributed by atoms with Crippen molar-refractivity contribution in [2.45, 2.75) is 0 Å². The number of imidazole rings is 1. The Hall–Kier alpha value is -1.33. The predicted molar refractivity (Wildman–Crippen MR) is 68.5 cm³/mol. The molecule has 0 aromatic carbocycles. The standard InChI is InChI=1S/C11H15ClN4O/c1-16-8-15-10-9(16)2-4-13-11(10)14-5-7-17-6-3-12/h2,4,8H,3,5-7H2,1H3,(H,13,14). The molecule has 0 amide bonds. The summed E-state index contributed by atoms with van der Waals surface area (Å²) in [5.74, 6) is 1.31. The number of nitrogens with one attached hydrogen (secondary N) is 1. The van der Waals surface area contributed by atoms with E-state index in [-0.39, 0.29) is 0 Å². The number of fused-ring (bicyclic) bond motifs is 1. The first kappa shape index (κ1) is 12.1. The van der Waals surface area contributed by atoms with Crippen LogP contribution in [0.25, 0.3) is 11.0 Å². The molecule has 2 aromatic rings. The molecule has 0 aliphatic heterocycles. The van der Waals surface area contributed by atoms with Gasteiger partial charge in [-0.1, -0.05) is 0 Å². The highest BCUT2D eigenvalue weighted by atomic mass is 35.5. The second kappa shape index (κ2) is 5.84. The molecule has 0 atom stereocenters. The molecule has 92 valence electrons. The molecule has 0 unspecified atom stereocenters. The molecule has 0 aliphatic carbocycles. The molecule has 0 saturated carbocycles. The lowest BCUT2D eigenvalue weighted by Gasteiger charge is -2.06. The summed E-state index contributed by atoms with van der Waals surface area (Å²) in [6.45, 7) is 1.88. The Kier molecular flexibility index (Phi) is 4.17. The van der Waals surface area contributed by atoms with E-state index in [2.05, 4.69) is 15.3 Å². The van der Waals surface area contributed by atoms with E-state index in [9.17, 15) is 0 Å². The zero-order chi connectivity index (χ0) is 12.1. The van der Waals surface area contributed by atoms with E-state index >= 15 is 0 Å². The Balaban J connectivity index is 1.99. The van der Waals surface area contributed by atoms with Crippen LogP contribution < -0.4 is 5.32 Å². The summed E-state index contributed by atoms with van der Waals surface area (Å²) in [7, 11) is 1.96. The largest absolute Gasteiger partial charge is 0.378 e. The van der Waals surface area contributed by atoms with Crippen molar-refractivity contribution in [3.05, 3.63) is 18.6 Å². The van der Waals surface area contributed by atoms with Gasteiger partial charge in [0.1, 0.15) is 5.52 Å². The van der Waals surface area contributed by atoms with Crippen molar-refractivity contribution in [2.75, 3.05) is 31.0 Å². The topological polar surface area (TPSA) is 52.0 Å². The van der Waals surface area contributed by atoms with E-state index < -0.39 is 0 Å². The second-order valence-electron chi connectivity index (χ2n) is 3.61. The van der Waals surface area contributed by atoms with Gasteiger partial charge in [-0.25, -0.2) is 9.97 Å². The summed E-state index contributed by atoms with van der Waals surface area (Å²) in [6, 6.07) is 1.94. The Labute approximate surface area is 105 Å². The number of alkyl halides is 1. The quantitative estimate of drug-likeness (QED) is 0.629. The normalized spacial score (nSPS) is 10.9. The average molecular weight is 255 g/mol. The number of aromatic nitrogens is 3. The summed E-state index contributed by atoms with van der Waals surface area (Å²) < 4.78 is 7.24. The Morgan fingerprint density at radius 3 is 3.12 bits per heavy atom. The number of nitrogens with zero attached hydrogens (tertiary/aromatic N) is 3. The van der Waals surface area contributed by atoms with E-state index in [4.69, 9.17) is 16.3 Å². The van der Waals surface area contributed by atoms with Gasteiger partial charge in [0.2, 0.25) is 0 Å². The summed E-state index contributed by atoms with van der Waals surface area (Å²) in [6.07, 6.45) is 3.55. The van der Waals surface area contributed by atoms with Crippen molar-refractivity contribution < 1.29 is 4.74 Å². The van der Waals surface area contributed by atoms with Gasteiger partial charge in [0.25, 0.3) is 0 Å². The zero-order valence-corrected chi connectivity index (χ0v) is 10.4. The van der Waals surface area contributed by atoms with Gasteiger partial charge in [0.15, 0.2) is 5.82 Å². The van der Waals surface area contributed by atoms with Gasteiger partial charge in [-0.15, -0.1) is 11.6 Å². The van der Waals surface area contributed by atoms with Gasteiger partial charge < -0.3 is 14.6 Å². The first-order chi connectivity index (χ1) is 8.33. The molecule has 0 bridgehead atoms. The maximum Gasteiger partial charge on any atom is 0.154 e. The van der Waals surface area contributed by atoms with Crippen LogP contribution >= 0.6 is 11.6 Å². The third-order valence-corrected chi connectivity index (χ3v) is 2.56. The van der Waals surface area contributed by atoms with Gasteiger partial charge in [-0.05, 0) is 6.07 Å². The molecule has 17 heavy (non-hydrogen) atoms. The second-order valence-corrected chi connectivity index (χ2v) is 3.99. The van der Waals surface area contributed by atoms with E-state index in [0.717, 1.165) is 16.9 Å². The number of pyridine rings is 1. The van der Waals surface area contributed by atoms with Crippen LogP contribution in [-0.2, 0) is 11.8 Å². The minimum absolute atomic E-state index is 0.522. The molecular formula is C11H15ClN4O. The molecule has 5 nitrogen and oxygen atoms in total. The highest BCUT2D eigenvalue weighted by molar-refractivity contribution is 6.17. The van der Waals surface area contributed by atoms with Crippen LogP contribution in [0.1, 0.15) is 0 Å². The van der Waals surface area contributed by atoms with Gasteiger partial charge in [-0.3, -0.25) is 0 Å². The number of hydrogen-bond donors (Lipinski definition) is 1. The van der Waals surface area contributed by atoms with Crippen molar-refractivity contribution in [1.29, 1.82) is 0 Å². The number of rotatable bonds is 6. The molecule has 0 saturated heterocycles. The highest BCUT2D eigenvalue weighted by Gasteiger charge is 2.05. The maximum atomic E-state index is 5.51. The maximum absolute atomic E-state index is 5.51. The van der Waals surface area contributed by atoms with E-state index in [0.29, 0.717) is 25.6 Å². The van der Waals surface area contributed by atoms with E-state index in [1.807, 2.05) is 17.7 Å². The lowest BCUT2D eigenvalue weighted by Crippen LogP contribution is -2.11. The van der Waals surface area contributed by atoms with Crippen LogP contribution in [0.3, 0.4) is 0 Å². The fraction of sp³-hybridized carbons (Fsp3) is 0.455. The van der Waals surface area contributed by atoms with E-state index in [1.54, 1.807) is 12.5 Å². The first-order valence-electron chi connectivity index (χ1n) is 5.46. The minimum atomic E-state index is 0.522. The third kappa shape index (κ3) is 2.87. The zero-order valence-electron chi connectivity index (χ0n) is 9.69. The molecular weight excluding hydrogens is 240 g/mol. The summed E-state index contributed by atoms with van der Waals surface area (Å²) >= 11 is 5.51. The third-order valence-electron chi connectivity index (χ3n) is 2.40. The molecule has 2 aromatic heterocycles. The minimum Gasteiger partial charge on any atom is -0.378 e. The van der Waals surface area contributed by atoms with Gasteiger partial charge >= 0.3 is 0 Å². The van der Waals surface area contributed by atoms with Crippen molar-refractivity contribution in [3.8, 4) is 0 Å². The van der Waals surface area contributed by atoms with Crippen molar-refractivity contribution in [3.63, 3.8) is 0 Å². The molecule has 0 fully saturated rings. The molecule has 0 radical (unpaired) electrons. The number of hydrogen-bond acceptors (Lipinski definition) is 4. The fourth-order valence-electron chi connectivity index (χ4n) is 1.59. The van der Waals surface area contributed by atoms with Crippen LogP contribution in [0.5, 0.6) is 0 Å². The first-order valence-corrected chi connectivity index (χ1v) is 6.00. The average Bonchev–Trinajstić information content (AvgIpc) is 2.72. The van der Waals surface area contributed by atoms with Crippen molar-refractivity contribution >= 4 is 28.5 Å². The monoisotopic (exact) mass is 254 g/mol. The van der Waals surface area contributed by atoms with Crippen LogP contribution in [0.15, 0.2) is 18.6 Å². The highest BCUT2D eigenvalue weighted by Crippen LogP contribution is 2.17. The number of ether oxygens (including phenoxy) is 1. The van der Waals surface area contributed by atoms with Crippen molar-refractivity contribution in [2.24, 2.45) is 7.05 Å². The molecule has 0 spiro atoms. The SMILES string of the molecule is Cn1cnc2c(NCCOCCCl)nccc21. The smallest absolute Gasteiger partial charge is 0.154 e. The van der Waals surface area contributed by atoms with Crippen LogP contribution in [0.4, 0.5) is 5.82 Å². The number of halogens is 1. The van der Waals surface area contributed by atoms with Gasteiger partial charge in [0.05, 0.1) is 25.1 Å².